The summed E-state index contributed by atoms with van der Waals surface area (Å²) in [5.74, 6) is 0.389. The molecule has 3 aliphatic rings. The molecule has 0 unspecified atom stereocenters. The van der Waals surface area contributed by atoms with Crippen molar-refractivity contribution in [2.45, 2.75) is 12.8 Å². The summed E-state index contributed by atoms with van der Waals surface area (Å²) < 4.78 is 0. The van der Waals surface area contributed by atoms with Gasteiger partial charge in [-0.05, 0) is 12.8 Å². The van der Waals surface area contributed by atoms with Crippen LogP contribution in [0.5, 0.6) is 0 Å². The first-order valence-corrected chi connectivity index (χ1v) is 3.51. The highest BCUT2D eigenvalue weighted by atomic mass is 16.2. The van der Waals surface area contributed by atoms with Crippen LogP contribution in [0.1, 0.15) is 12.8 Å². The first kappa shape index (κ1) is 5.89. The quantitative estimate of drug-likeness (QED) is 0.443. The molecule has 3 nitrogen and oxygen atoms in total. The fourth-order valence-electron chi connectivity index (χ4n) is 1.68. The van der Waals surface area contributed by atoms with Crippen LogP contribution >= 0.6 is 0 Å². The molecule has 1 saturated carbocycles. The molecule has 2 heterocycles. The van der Waals surface area contributed by atoms with Crippen molar-refractivity contribution >= 4 is 11.8 Å². The second-order valence-corrected chi connectivity index (χ2v) is 3.10. The van der Waals surface area contributed by atoms with Gasteiger partial charge in [0.25, 0.3) is 0 Å². The Morgan fingerprint density at radius 1 is 1.20 bits per heavy atom. The highest BCUT2D eigenvalue weighted by Crippen LogP contribution is 2.40. The van der Waals surface area contributed by atoms with E-state index >= 15 is 0 Å². The number of hydrogen-bond acceptors (Lipinski definition) is 2. The highest BCUT2D eigenvalue weighted by molar-refractivity contribution is 6.02. The number of carbonyl (C=O) groups is 2. The minimum atomic E-state index is 0.0208. The maximum Gasteiger partial charge on any atom is 0.232 e. The lowest BCUT2D eigenvalue weighted by Crippen LogP contribution is -2.54. The molecule has 0 spiro atoms. The minimum absolute atomic E-state index is 0.0208. The molecule has 2 amide bonds. The van der Waals surface area contributed by atoms with Crippen molar-refractivity contribution in [1.29, 1.82) is 0 Å². The summed E-state index contributed by atoms with van der Waals surface area (Å²) in [5.41, 5.74) is 0. The molecule has 10 heavy (non-hydrogen) atoms. The van der Waals surface area contributed by atoms with Gasteiger partial charge in [0, 0.05) is 18.9 Å². The Balaban J connectivity index is 2.26. The zero-order valence-electron chi connectivity index (χ0n) is 5.83. The van der Waals surface area contributed by atoms with Crippen LogP contribution in [-0.4, -0.2) is 23.8 Å². The summed E-state index contributed by atoms with van der Waals surface area (Å²) in [4.78, 5) is 23.4. The molecular formula is C7H9NO2. The average Bonchev–Trinajstić information content (AvgIpc) is 1.78. The van der Waals surface area contributed by atoms with Crippen LogP contribution in [-0.2, 0) is 9.59 Å². The van der Waals surface area contributed by atoms with Crippen LogP contribution in [0.4, 0.5) is 0 Å². The Labute approximate surface area is 59.0 Å². The Morgan fingerprint density at radius 3 is 1.90 bits per heavy atom. The van der Waals surface area contributed by atoms with E-state index in [2.05, 4.69) is 0 Å². The van der Waals surface area contributed by atoms with Crippen molar-refractivity contribution in [3.05, 3.63) is 0 Å². The van der Waals surface area contributed by atoms with Crippen molar-refractivity contribution < 1.29 is 9.59 Å². The third-order valence-corrected chi connectivity index (χ3v) is 2.50. The molecule has 0 radical (unpaired) electrons. The monoisotopic (exact) mass is 139 g/mol. The minimum Gasteiger partial charge on any atom is -0.285 e. The van der Waals surface area contributed by atoms with Crippen LogP contribution in [0, 0.1) is 11.8 Å². The Hall–Kier alpha value is -0.860. The van der Waals surface area contributed by atoms with Gasteiger partial charge in [-0.3, -0.25) is 14.5 Å². The van der Waals surface area contributed by atoms with Crippen molar-refractivity contribution in [2.24, 2.45) is 11.8 Å². The summed E-state index contributed by atoms with van der Waals surface area (Å²) >= 11 is 0. The number of nitrogens with zero attached hydrogens (tertiary/aromatic N) is 1. The van der Waals surface area contributed by atoms with Crippen molar-refractivity contribution in [3.8, 4) is 0 Å². The molecular weight excluding hydrogens is 130 g/mol. The van der Waals surface area contributed by atoms with Gasteiger partial charge in [0.05, 0.1) is 0 Å². The molecule has 0 aromatic heterocycles. The number of amides is 2. The first-order valence-electron chi connectivity index (χ1n) is 3.51. The molecule has 3 rings (SSSR count). The lowest BCUT2D eigenvalue weighted by molar-refractivity contribution is -0.163. The maximum absolute atomic E-state index is 11.1. The predicted molar refractivity (Wildman–Crippen MR) is 34.0 cm³/mol. The van der Waals surface area contributed by atoms with Crippen LogP contribution < -0.4 is 0 Å². The van der Waals surface area contributed by atoms with Gasteiger partial charge in [-0.25, -0.2) is 0 Å². The van der Waals surface area contributed by atoms with E-state index < -0.39 is 0 Å². The van der Waals surface area contributed by atoms with Gasteiger partial charge >= 0.3 is 0 Å². The summed E-state index contributed by atoms with van der Waals surface area (Å²) in [7, 11) is 1.57. The number of carbonyl (C=O) groups excluding carboxylic acids is 2. The first-order chi connectivity index (χ1) is 4.70. The van der Waals surface area contributed by atoms with E-state index in [4.69, 9.17) is 0 Å². The second kappa shape index (κ2) is 1.59. The zero-order chi connectivity index (χ0) is 7.30. The molecule has 0 aromatic rings. The highest BCUT2D eigenvalue weighted by Gasteiger charge is 2.48. The molecule has 2 saturated heterocycles. The largest absolute Gasteiger partial charge is 0.285 e. The molecule has 3 fully saturated rings. The molecule has 0 aromatic carbocycles. The number of rotatable bonds is 0. The standard InChI is InChI=1S/C7H9NO2/c1-8-6(9)4-2-5(3-4)7(8)10/h4-5H,2-3H2,1H3. The SMILES string of the molecule is CN1C(=O)C2CC(C2)C1=O. The molecule has 1 aliphatic carbocycles. The fourth-order valence-corrected chi connectivity index (χ4v) is 1.68. The van der Waals surface area contributed by atoms with Crippen molar-refractivity contribution in [1.82, 2.24) is 4.90 Å². The third kappa shape index (κ3) is 0.503. The topological polar surface area (TPSA) is 37.4 Å². The molecule has 2 bridgehead atoms. The molecule has 2 aliphatic heterocycles. The smallest absolute Gasteiger partial charge is 0.232 e. The van der Waals surface area contributed by atoms with E-state index in [1.807, 2.05) is 0 Å². The van der Waals surface area contributed by atoms with E-state index in [1.165, 1.54) is 4.90 Å². The zero-order valence-corrected chi connectivity index (χ0v) is 5.83. The fraction of sp³-hybridized carbons (Fsp3) is 0.714. The second-order valence-electron chi connectivity index (χ2n) is 3.10. The lowest BCUT2D eigenvalue weighted by atomic mass is 9.70. The van der Waals surface area contributed by atoms with Gasteiger partial charge in [0.1, 0.15) is 0 Å². The van der Waals surface area contributed by atoms with Crippen molar-refractivity contribution in [3.63, 3.8) is 0 Å². The van der Waals surface area contributed by atoms with Gasteiger partial charge in [-0.2, -0.15) is 0 Å². The molecule has 0 atom stereocenters. The van der Waals surface area contributed by atoms with Gasteiger partial charge in [0.2, 0.25) is 11.8 Å². The number of imide groups is 1. The number of hydrogen-bond donors (Lipinski definition) is 0. The normalized spacial score (nSPS) is 37.9. The lowest BCUT2D eigenvalue weighted by Gasteiger charge is -2.42. The number of piperidine rings is 2. The third-order valence-electron chi connectivity index (χ3n) is 2.50. The number of fused-ring (bicyclic) bond motifs is 2. The van der Waals surface area contributed by atoms with Gasteiger partial charge in [0.15, 0.2) is 0 Å². The van der Waals surface area contributed by atoms with E-state index in [0.29, 0.717) is 0 Å². The summed E-state index contributed by atoms with van der Waals surface area (Å²) in [6.45, 7) is 0. The summed E-state index contributed by atoms with van der Waals surface area (Å²) in [6.07, 6.45) is 1.62. The molecule has 3 heteroatoms. The van der Waals surface area contributed by atoms with Gasteiger partial charge in [-0.15, -0.1) is 0 Å². The van der Waals surface area contributed by atoms with Crippen LogP contribution in [0.25, 0.3) is 0 Å². The van der Waals surface area contributed by atoms with E-state index in [-0.39, 0.29) is 23.7 Å². The van der Waals surface area contributed by atoms with Gasteiger partial charge in [-0.1, -0.05) is 0 Å². The Morgan fingerprint density at radius 2 is 1.60 bits per heavy atom. The van der Waals surface area contributed by atoms with Gasteiger partial charge < -0.3 is 0 Å². The van der Waals surface area contributed by atoms with E-state index in [9.17, 15) is 9.59 Å². The average molecular weight is 139 g/mol. The summed E-state index contributed by atoms with van der Waals surface area (Å²) in [6, 6.07) is 0. The molecule has 0 N–H and O–H groups in total. The Bertz CT molecular complexity index is 186. The predicted octanol–water partition coefficient (Wildman–Crippen LogP) is 0.0112. The van der Waals surface area contributed by atoms with Crippen LogP contribution in [0.3, 0.4) is 0 Å². The van der Waals surface area contributed by atoms with Crippen LogP contribution in [0.15, 0.2) is 0 Å². The maximum atomic E-state index is 11.1. The van der Waals surface area contributed by atoms with E-state index in [0.717, 1.165) is 12.8 Å². The van der Waals surface area contributed by atoms with Crippen LogP contribution in [0.2, 0.25) is 0 Å². The Kier molecular flexibility index (Phi) is 0.938. The molecule has 54 valence electrons. The van der Waals surface area contributed by atoms with Crippen molar-refractivity contribution in [2.75, 3.05) is 7.05 Å². The summed E-state index contributed by atoms with van der Waals surface area (Å²) in [5, 5.41) is 0. The van der Waals surface area contributed by atoms with E-state index in [1.54, 1.807) is 7.05 Å².